The van der Waals surface area contributed by atoms with E-state index in [2.05, 4.69) is 17.1 Å². The number of hydrogen-bond acceptors (Lipinski definition) is 3. The fourth-order valence-corrected chi connectivity index (χ4v) is 2.93. The van der Waals surface area contributed by atoms with E-state index in [4.69, 9.17) is 17.3 Å². The van der Waals surface area contributed by atoms with E-state index in [0.717, 1.165) is 6.54 Å². The minimum Gasteiger partial charge on any atom is -0.398 e. The van der Waals surface area contributed by atoms with Gasteiger partial charge in [-0.2, -0.15) is 0 Å². The first-order valence-corrected chi connectivity index (χ1v) is 7.99. The zero-order chi connectivity index (χ0) is 15.2. The van der Waals surface area contributed by atoms with Crippen molar-refractivity contribution in [3.63, 3.8) is 0 Å². The van der Waals surface area contributed by atoms with Crippen molar-refractivity contribution in [1.82, 2.24) is 10.2 Å². The van der Waals surface area contributed by atoms with E-state index >= 15 is 0 Å². The molecule has 1 aromatic carbocycles. The van der Waals surface area contributed by atoms with Crippen LogP contribution in [0.25, 0.3) is 0 Å². The van der Waals surface area contributed by atoms with Crippen LogP contribution in [-0.4, -0.2) is 37.0 Å². The summed E-state index contributed by atoms with van der Waals surface area (Å²) in [6, 6.07) is 4.96. The molecular formula is C16H24ClN3O. The first-order valence-electron chi connectivity index (χ1n) is 7.62. The van der Waals surface area contributed by atoms with Gasteiger partial charge in [-0.1, -0.05) is 24.9 Å². The fourth-order valence-electron chi connectivity index (χ4n) is 2.75. The van der Waals surface area contributed by atoms with E-state index in [1.807, 2.05) is 0 Å². The number of carbonyl (C=O) groups is 1. The van der Waals surface area contributed by atoms with E-state index in [-0.39, 0.29) is 5.91 Å². The van der Waals surface area contributed by atoms with Gasteiger partial charge in [-0.05, 0) is 50.0 Å². The second-order valence-corrected chi connectivity index (χ2v) is 6.34. The number of anilines is 1. The number of piperidine rings is 1. The summed E-state index contributed by atoms with van der Waals surface area (Å²) < 4.78 is 0. The van der Waals surface area contributed by atoms with Gasteiger partial charge in [0.1, 0.15) is 0 Å². The van der Waals surface area contributed by atoms with Crippen molar-refractivity contribution in [3.8, 4) is 0 Å². The summed E-state index contributed by atoms with van der Waals surface area (Å²) in [6.07, 6.45) is 3.93. The lowest BCUT2D eigenvalue weighted by Gasteiger charge is -2.29. The maximum absolute atomic E-state index is 12.1. The summed E-state index contributed by atoms with van der Waals surface area (Å²) >= 11 is 5.84. The number of carbonyl (C=O) groups excluding carboxylic acids is 1. The van der Waals surface area contributed by atoms with Gasteiger partial charge in [0, 0.05) is 23.8 Å². The molecular weight excluding hydrogens is 286 g/mol. The van der Waals surface area contributed by atoms with Crippen LogP contribution in [0.5, 0.6) is 0 Å². The summed E-state index contributed by atoms with van der Waals surface area (Å²) in [6.45, 7) is 6.23. The number of nitrogens with one attached hydrogen (secondary N) is 1. The Hall–Kier alpha value is -1.26. The maximum atomic E-state index is 12.1. The van der Waals surface area contributed by atoms with Gasteiger partial charge in [0.2, 0.25) is 0 Å². The Morgan fingerprint density at radius 2 is 2.10 bits per heavy atom. The molecule has 1 aromatic rings. The molecule has 4 nitrogen and oxygen atoms in total. The molecule has 1 aliphatic heterocycles. The second kappa shape index (κ2) is 7.66. The third-order valence-electron chi connectivity index (χ3n) is 3.89. The normalized spacial score (nSPS) is 17.4. The quantitative estimate of drug-likeness (QED) is 0.822. The Morgan fingerprint density at radius 3 is 2.76 bits per heavy atom. The van der Waals surface area contributed by atoms with Crippen LogP contribution in [0.15, 0.2) is 18.2 Å². The van der Waals surface area contributed by atoms with Crippen LogP contribution >= 0.6 is 11.6 Å². The van der Waals surface area contributed by atoms with Gasteiger partial charge in [-0.15, -0.1) is 0 Å². The van der Waals surface area contributed by atoms with E-state index < -0.39 is 0 Å². The SMILES string of the molecule is CC(CNC(=O)c1ccc(Cl)cc1N)CN1CCCCC1. The Balaban J connectivity index is 1.80. The molecule has 1 atom stereocenters. The average molecular weight is 310 g/mol. The number of halogens is 1. The lowest BCUT2D eigenvalue weighted by Crippen LogP contribution is -2.38. The maximum Gasteiger partial charge on any atom is 0.253 e. The van der Waals surface area contributed by atoms with Gasteiger partial charge in [0.15, 0.2) is 0 Å². The molecule has 1 aliphatic rings. The largest absolute Gasteiger partial charge is 0.398 e. The van der Waals surface area contributed by atoms with Crippen LogP contribution in [0.4, 0.5) is 5.69 Å². The second-order valence-electron chi connectivity index (χ2n) is 5.91. The van der Waals surface area contributed by atoms with Crippen molar-refractivity contribution >= 4 is 23.2 Å². The van der Waals surface area contributed by atoms with Crippen LogP contribution in [0.1, 0.15) is 36.5 Å². The number of likely N-dealkylation sites (tertiary alicyclic amines) is 1. The number of amides is 1. The highest BCUT2D eigenvalue weighted by molar-refractivity contribution is 6.31. The number of nitrogens with zero attached hydrogens (tertiary/aromatic N) is 1. The summed E-state index contributed by atoms with van der Waals surface area (Å²) in [5.74, 6) is 0.301. The predicted octanol–water partition coefficient (Wildman–Crippen LogP) is 2.77. The molecule has 5 heteroatoms. The molecule has 1 heterocycles. The van der Waals surface area contributed by atoms with E-state index in [1.54, 1.807) is 18.2 Å². The molecule has 0 bridgehead atoms. The van der Waals surface area contributed by atoms with E-state index in [0.29, 0.717) is 28.7 Å². The summed E-state index contributed by atoms with van der Waals surface area (Å²) in [5, 5.41) is 3.50. The Labute approximate surface area is 131 Å². The van der Waals surface area contributed by atoms with Gasteiger partial charge in [-0.25, -0.2) is 0 Å². The molecule has 0 spiro atoms. The zero-order valence-electron chi connectivity index (χ0n) is 12.6. The first-order chi connectivity index (χ1) is 10.1. The number of nitrogens with two attached hydrogens (primary N) is 1. The molecule has 0 saturated carbocycles. The summed E-state index contributed by atoms with van der Waals surface area (Å²) in [4.78, 5) is 14.6. The smallest absolute Gasteiger partial charge is 0.253 e. The lowest BCUT2D eigenvalue weighted by molar-refractivity contribution is 0.0943. The number of rotatable bonds is 5. The number of hydrogen-bond donors (Lipinski definition) is 2. The minimum atomic E-state index is -0.130. The predicted molar refractivity (Wildman–Crippen MR) is 87.7 cm³/mol. The standard InChI is InChI=1S/C16H24ClN3O/c1-12(11-20-7-3-2-4-8-20)10-19-16(21)14-6-5-13(17)9-15(14)18/h5-6,9,12H,2-4,7-8,10-11,18H2,1H3,(H,19,21). The van der Waals surface area contributed by atoms with Crippen LogP contribution in [0, 0.1) is 5.92 Å². The topological polar surface area (TPSA) is 58.4 Å². The van der Waals surface area contributed by atoms with Crippen LogP contribution < -0.4 is 11.1 Å². The highest BCUT2D eigenvalue weighted by Crippen LogP contribution is 2.18. The van der Waals surface area contributed by atoms with Crippen molar-refractivity contribution in [2.75, 3.05) is 31.9 Å². The molecule has 1 fully saturated rings. The van der Waals surface area contributed by atoms with Crippen molar-refractivity contribution in [3.05, 3.63) is 28.8 Å². The van der Waals surface area contributed by atoms with E-state index in [1.165, 1.54) is 32.4 Å². The highest BCUT2D eigenvalue weighted by atomic mass is 35.5. The minimum absolute atomic E-state index is 0.130. The third-order valence-corrected chi connectivity index (χ3v) is 4.12. The van der Waals surface area contributed by atoms with Gasteiger partial charge in [0.05, 0.1) is 5.56 Å². The Morgan fingerprint density at radius 1 is 1.38 bits per heavy atom. The third kappa shape index (κ3) is 4.90. The van der Waals surface area contributed by atoms with Gasteiger partial charge < -0.3 is 16.0 Å². The molecule has 0 aliphatic carbocycles. The molecule has 1 saturated heterocycles. The Bertz CT molecular complexity index is 486. The van der Waals surface area contributed by atoms with Crippen molar-refractivity contribution in [2.45, 2.75) is 26.2 Å². The summed E-state index contributed by atoms with van der Waals surface area (Å²) in [5.41, 5.74) is 6.74. The average Bonchev–Trinajstić information content (AvgIpc) is 2.46. The Kier molecular flexibility index (Phi) is 5.88. The number of benzene rings is 1. The summed E-state index contributed by atoms with van der Waals surface area (Å²) in [7, 11) is 0. The van der Waals surface area contributed by atoms with Gasteiger partial charge >= 0.3 is 0 Å². The van der Waals surface area contributed by atoms with Crippen LogP contribution in [0.2, 0.25) is 5.02 Å². The molecule has 21 heavy (non-hydrogen) atoms. The van der Waals surface area contributed by atoms with Crippen molar-refractivity contribution < 1.29 is 4.79 Å². The zero-order valence-corrected chi connectivity index (χ0v) is 13.3. The van der Waals surface area contributed by atoms with E-state index in [9.17, 15) is 4.79 Å². The number of nitrogen functional groups attached to an aromatic ring is 1. The molecule has 3 N–H and O–H groups in total. The fraction of sp³-hybridized carbons (Fsp3) is 0.562. The van der Waals surface area contributed by atoms with Crippen LogP contribution in [0.3, 0.4) is 0 Å². The molecule has 1 unspecified atom stereocenters. The molecule has 1 amide bonds. The highest BCUT2D eigenvalue weighted by Gasteiger charge is 2.15. The van der Waals surface area contributed by atoms with Crippen molar-refractivity contribution in [1.29, 1.82) is 0 Å². The molecule has 0 radical (unpaired) electrons. The van der Waals surface area contributed by atoms with Crippen LogP contribution in [-0.2, 0) is 0 Å². The first kappa shape index (κ1) is 16.1. The molecule has 116 valence electrons. The molecule has 0 aromatic heterocycles. The molecule has 2 rings (SSSR count). The van der Waals surface area contributed by atoms with Gasteiger partial charge in [0.25, 0.3) is 5.91 Å². The lowest BCUT2D eigenvalue weighted by atomic mass is 10.1. The van der Waals surface area contributed by atoms with Gasteiger partial charge in [-0.3, -0.25) is 4.79 Å². The monoisotopic (exact) mass is 309 g/mol. The van der Waals surface area contributed by atoms with Crippen molar-refractivity contribution in [2.24, 2.45) is 5.92 Å².